The molecule has 0 saturated heterocycles. The van der Waals surface area contributed by atoms with Crippen molar-refractivity contribution < 1.29 is 4.74 Å². The van der Waals surface area contributed by atoms with Crippen LogP contribution in [0.5, 0.6) is 5.75 Å². The zero-order valence-corrected chi connectivity index (χ0v) is 10.7. The fraction of sp³-hybridized carbons (Fsp3) is 0.500. The molecule has 0 radical (unpaired) electrons. The summed E-state index contributed by atoms with van der Waals surface area (Å²) >= 11 is 0. The van der Waals surface area contributed by atoms with Crippen molar-refractivity contribution in [2.24, 2.45) is 10.7 Å². The summed E-state index contributed by atoms with van der Waals surface area (Å²) in [7, 11) is 1.69. The Morgan fingerprint density at radius 1 is 1.33 bits per heavy atom. The third-order valence-corrected chi connectivity index (χ3v) is 4.08. The van der Waals surface area contributed by atoms with Gasteiger partial charge in [-0.05, 0) is 25.0 Å². The maximum Gasteiger partial charge on any atom is 0.196 e. The average Bonchev–Trinajstić information content (AvgIpc) is 2.99. The summed E-state index contributed by atoms with van der Waals surface area (Å²) in [6.45, 7) is 0.829. The Morgan fingerprint density at radius 2 is 2.11 bits per heavy atom. The normalized spacial score (nSPS) is 21.4. The molecule has 0 atom stereocenters. The predicted octanol–water partition coefficient (Wildman–Crippen LogP) is 2.14. The molecule has 1 aromatic rings. The van der Waals surface area contributed by atoms with Crippen molar-refractivity contribution in [3.8, 4) is 5.75 Å². The number of ether oxygens (including phenoxy) is 1. The summed E-state index contributed by atoms with van der Waals surface area (Å²) in [5.41, 5.74) is 7.31. The van der Waals surface area contributed by atoms with Gasteiger partial charge in [-0.25, -0.2) is 0 Å². The Morgan fingerprint density at radius 3 is 2.83 bits per heavy atom. The summed E-state index contributed by atoms with van der Waals surface area (Å²) in [4.78, 5) is 6.68. The van der Waals surface area contributed by atoms with Crippen LogP contribution in [0.2, 0.25) is 0 Å². The van der Waals surface area contributed by atoms with Gasteiger partial charge in [-0.2, -0.15) is 0 Å². The smallest absolute Gasteiger partial charge is 0.196 e. The van der Waals surface area contributed by atoms with Gasteiger partial charge in [0.15, 0.2) is 5.96 Å². The van der Waals surface area contributed by atoms with E-state index in [0.29, 0.717) is 5.96 Å². The SMILES string of the molecule is COc1cccc(N2C(N)=NCC23CCCC3)c1. The largest absolute Gasteiger partial charge is 0.497 e. The average molecular weight is 245 g/mol. The zero-order valence-electron chi connectivity index (χ0n) is 10.7. The monoisotopic (exact) mass is 245 g/mol. The minimum Gasteiger partial charge on any atom is -0.497 e. The molecule has 3 rings (SSSR count). The number of nitrogens with two attached hydrogens (primary N) is 1. The second-order valence-corrected chi connectivity index (χ2v) is 5.14. The highest BCUT2D eigenvalue weighted by atomic mass is 16.5. The van der Waals surface area contributed by atoms with E-state index in [1.807, 2.05) is 18.2 Å². The van der Waals surface area contributed by atoms with Crippen LogP contribution in [0.15, 0.2) is 29.3 Å². The van der Waals surface area contributed by atoms with E-state index in [-0.39, 0.29) is 5.54 Å². The van der Waals surface area contributed by atoms with E-state index in [9.17, 15) is 0 Å². The molecule has 1 saturated carbocycles. The van der Waals surface area contributed by atoms with Gasteiger partial charge in [0.25, 0.3) is 0 Å². The van der Waals surface area contributed by atoms with Gasteiger partial charge in [-0.1, -0.05) is 18.9 Å². The third kappa shape index (κ3) is 1.64. The standard InChI is InChI=1S/C14H19N3O/c1-18-12-6-4-5-11(9-12)17-13(15)16-10-14(17)7-2-3-8-14/h4-6,9H,2-3,7-8,10H2,1H3,(H2,15,16). The quantitative estimate of drug-likeness (QED) is 0.868. The number of rotatable bonds is 2. The summed E-state index contributed by atoms with van der Waals surface area (Å²) in [6.07, 6.45) is 4.88. The predicted molar refractivity (Wildman–Crippen MR) is 73.2 cm³/mol. The molecule has 0 amide bonds. The van der Waals surface area contributed by atoms with E-state index < -0.39 is 0 Å². The third-order valence-electron chi connectivity index (χ3n) is 4.08. The molecular weight excluding hydrogens is 226 g/mol. The van der Waals surface area contributed by atoms with Gasteiger partial charge in [0.2, 0.25) is 0 Å². The maximum absolute atomic E-state index is 6.09. The molecule has 1 aliphatic carbocycles. The molecule has 1 aromatic carbocycles. The van der Waals surface area contributed by atoms with Crippen molar-refractivity contribution in [3.05, 3.63) is 24.3 Å². The number of aliphatic imine (C=N–C) groups is 1. The molecule has 4 nitrogen and oxygen atoms in total. The van der Waals surface area contributed by atoms with Crippen LogP contribution in [-0.2, 0) is 0 Å². The number of guanidine groups is 1. The Balaban J connectivity index is 1.99. The first-order chi connectivity index (χ1) is 8.75. The molecule has 1 spiro atoms. The van der Waals surface area contributed by atoms with E-state index >= 15 is 0 Å². The fourth-order valence-electron chi connectivity index (χ4n) is 3.18. The number of anilines is 1. The van der Waals surface area contributed by atoms with Crippen LogP contribution < -0.4 is 15.4 Å². The minimum atomic E-state index is 0.121. The lowest BCUT2D eigenvalue weighted by atomic mass is 9.96. The van der Waals surface area contributed by atoms with Gasteiger partial charge in [-0.15, -0.1) is 0 Å². The van der Waals surface area contributed by atoms with E-state index in [1.165, 1.54) is 25.7 Å². The molecule has 2 N–H and O–H groups in total. The minimum absolute atomic E-state index is 0.121. The lowest BCUT2D eigenvalue weighted by Crippen LogP contribution is -2.50. The summed E-state index contributed by atoms with van der Waals surface area (Å²) in [6, 6.07) is 8.07. The van der Waals surface area contributed by atoms with E-state index in [2.05, 4.69) is 16.0 Å². The molecule has 1 heterocycles. The molecule has 0 aromatic heterocycles. The van der Waals surface area contributed by atoms with Crippen LogP contribution >= 0.6 is 0 Å². The van der Waals surface area contributed by atoms with Gasteiger partial charge in [0.05, 0.1) is 19.2 Å². The van der Waals surface area contributed by atoms with Crippen LogP contribution in [0.4, 0.5) is 5.69 Å². The van der Waals surface area contributed by atoms with Crippen LogP contribution in [0.25, 0.3) is 0 Å². The first-order valence-electron chi connectivity index (χ1n) is 6.49. The molecular formula is C14H19N3O. The number of hydrogen-bond donors (Lipinski definition) is 1. The summed E-state index contributed by atoms with van der Waals surface area (Å²) in [5.74, 6) is 1.51. The second-order valence-electron chi connectivity index (χ2n) is 5.14. The molecule has 96 valence electrons. The first-order valence-corrected chi connectivity index (χ1v) is 6.49. The summed E-state index contributed by atoms with van der Waals surface area (Å²) < 4.78 is 5.29. The van der Waals surface area contributed by atoms with Gasteiger partial charge in [0.1, 0.15) is 5.75 Å². The second kappa shape index (κ2) is 4.19. The van der Waals surface area contributed by atoms with Crippen molar-refractivity contribution in [1.82, 2.24) is 0 Å². The van der Waals surface area contributed by atoms with Crippen LogP contribution in [-0.4, -0.2) is 25.2 Å². The number of benzene rings is 1. The van der Waals surface area contributed by atoms with Crippen molar-refractivity contribution in [2.45, 2.75) is 31.2 Å². The number of methoxy groups -OCH3 is 1. The summed E-state index contributed by atoms with van der Waals surface area (Å²) in [5, 5.41) is 0. The fourth-order valence-corrected chi connectivity index (χ4v) is 3.18. The van der Waals surface area contributed by atoms with E-state index in [1.54, 1.807) is 7.11 Å². The van der Waals surface area contributed by atoms with Crippen LogP contribution in [0, 0.1) is 0 Å². The number of nitrogens with zero attached hydrogens (tertiary/aromatic N) is 2. The zero-order chi connectivity index (χ0) is 12.6. The lowest BCUT2D eigenvalue weighted by Gasteiger charge is -2.36. The van der Waals surface area contributed by atoms with Gasteiger partial charge < -0.3 is 15.4 Å². The molecule has 2 aliphatic rings. The lowest BCUT2D eigenvalue weighted by molar-refractivity contribution is 0.414. The maximum atomic E-state index is 6.09. The Bertz CT molecular complexity index is 478. The van der Waals surface area contributed by atoms with E-state index in [0.717, 1.165) is 18.0 Å². The molecule has 4 heteroatoms. The first kappa shape index (κ1) is 11.4. The highest BCUT2D eigenvalue weighted by molar-refractivity contribution is 5.98. The van der Waals surface area contributed by atoms with Gasteiger partial charge >= 0.3 is 0 Å². The Labute approximate surface area is 107 Å². The molecule has 18 heavy (non-hydrogen) atoms. The highest BCUT2D eigenvalue weighted by Crippen LogP contribution is 2.41. The molecule has 0 unspecified atom stereocenters. The van der Waals surface area contributed by atoms with Crippen molar-refractivity contribution in [2.75, 3.05) is 18.6 Å². The van der Waals surface area contributed by atoms with Crippen molar-refractivity contribution >= 4 is 11.6 Å². The Kier molecular flexibility index (Phi) is 2.65. The van der Waals surface area contributed by atoms with E-state index in [4.69, 9.17) is 10.5 Å². The van der Waals surface area contributed by atoms with Crippen molar-refractivity contribution in [3.63, 3.8) is 0 Å². The molecule has 1 aliphatic heterocycles. The van der Waals surface area contributed by atoms with Crippen LogP contribution in [0.1, 0.15) is 25.7 Å². The topological polar surface area (TPSA) is 50.9 Å². The van der Waals surface area contributed by atoms with Gasteiger partial charge in [-0.3, -0.25) is 4.99 Å². The molecule has 1 fully saturated rings. The Hall–Kier alpha value is -1.71. The molecule has 0 bridgehead atoms. The van der Waals surface area contributed by atoms with Crippen LogP contribution in [0.3, 0.4) is 0 Å². The van der Waals surface area contributed by atoms with Gasteiger partial charge in [0, 0.05) is 11.8 Å². The van der Waals surface area contributed by atoms with Crippen molar-refractivity contribution in [1.29, 1.82) is 0 Å². The highest BCUT2D eigenvalue weighted by Gasteiger charge is 2.45. The number of hydrogen-bond acceptors (Lipinski definition) is 4.